The highest BCUT2D eigenvalue weighted by Crippen LogP contribution is 2.28. The van der Waals surface area contributed by atoms with Gasteiger partial charge in [-0.15, -0.1) is 0 Å². The van der Waals surface area contributed by atoms with Crippen LogP contribution in [0.4, 0.5) is 0 Å². The first kappa shape index (κ1) is 14.5. The fourth-order valence-corrected chi connectivity index (χ4v) is 2.95. The van der Waals surface area contributed by atoms with Gasteiger partial charge in [0.05, 0.1) is 19.3 Å². The zero-order valence-electron chi connectivity index (χ0n) is 12.3. The Bertz CT molecular complexity index is 388. The molecule has 1 aliphatic rings. The minimum atomic E-state index is 0.120. The van der Waals surface area contributed by atoms with Crippen LogP contribution in [0.25, 0.3) is 0 Å². The van der Waals surface area contributed by atoms with Gasteiger partial charge in [0.1, 0.15) is 0 Å². The molecule has 1 heterocycles. The molecule has 0 saturated carbocycles. The highest BCUT2D eigenvalue weighted by atomic mass is 16.5. The molecule has 1 saturated heterocycles. The van der Waals surface area contributed by atoms with E-state index in [1.807, 2.05) is 0 Å². The molecule has 106 valence electrons. The van der Waals surface area contributed by atoms with E-state index in [0.717, 1.165) is 26.2 Å². The summed E-state index contributed by atoms with van der Waals surface area (Å²) in [5, 5.41) is 0. The molecule has 0 amide bonds. The number of hydrogen-bond donors (Lipinski definition) is 1. The summed E-state index contributed by atoms with van der Waals surface area (Å²) in [6, 6.07) is 9.66. The van der Waals surface area contributed by atoms with Crippen molar-refractivity contribution in [3.63, 3.8) is 0 Å². The van der Waals surface area contributed by atoms with E-state index >= 15 is 0 Å². The van der Waals surface area contributed by atoms with Crippen LogP contribution in [0.3, 0.4) is 0 Å². The molecule has 0 spiro atoms. The van der Waals surface area contributed by atoms with Crippen LogP contribution in [0, 0.1) is 6.92 Å². The molecular weight excluding hydrogens is 236 g/mol. The predicted octanol–water partition coefficient (Wildman–Crippen LogP) is 2.49. The zero-order chi connectivity index (χ0) is 13.8. The van der Waals surface area contributed by atoms with Gasteiger partial charge in [-0.05, 0) is 25.8 Å². The Morgan fingerprint density at radius 2 is 2.05 bits per heavy atom. The monoisotopic (exact) mass is 262 g/mol. The van der Waals surface area contributed by atoms with Gasteiger partial charge in [-0.1, -0.05) is 36.8 Å². The second-order valence-electron chi connectivity index (χ2n) is 5.59. The third-order valence-electron chi connectivity index (χ3n) is 4.02. The number of nitrogens with two attached hydrogens (primary N) is 1. The Balaban J connectivity index is 2.25. The van der Waals surface area contributed by atoms with E-state index in [4.69, 9.17) is 10.5 Å². The van der Waals surface area contributed by atoms with Crippen molar-refractivity contribution >= 4 is 0 Å². The normalized spacial score (nSPS) is 24.1. The van der Waals surface area contributed by atoms with Crippen molar-refractivity contribution in [2.24, 2.45) is 5.73 Å². The molecule has 1 fully saturated rings. The van der Waals surface area contributed by atoms with Gasteiger partial charge < -0.3 is 10.5 Å². The number of benzene rings is 1. The molecule has 0 bridgehead atoms. The molecule has 1 aromatic rings. The molecule has 2 N–H and O–H groups in total. The van der Waals surface area contributed by atoms with Crippen molar-refractivity contribution in [2.45, 2.75) is 45.3 Å². The number of ether oxygens (including phenoxy) is 1. The molecule has 3 heteroatoms. The minimum Gasteiger partial charge on any atom is -0.378 e. The summed E-state index contributed by atoms with van der Waals surface area (Å²) in [7, 11) is 0. The Morgan fingerprint density at radius 3 is 2.63 bits per heavy atom. The maximum Gasteiger partial charge on any atom is 0.0622 e. The first-order valence-corrected chi connectivity index (χ1v) is 7.29. The summed E-state index contributed by atoms with van der Waals surface area (Å²) in [4.78, 5) is 2.53. The van der Waals surface area contributed by atoms with E-state index in [-0.39, 0.29) is 12.1 Å². The lowest BCUT2D eigenvalue weighted by molar-refractivity contribution is -0.0348. The summed E-state index contributed by atoms with van der Waals surface area (Å²) in [5.74, 6) is 0. The molecule has 3 nitrogen and oxygen atoms in total. The molecule has 0 aromatic heterocycles. The van der Waals surface area contributed by atoms with E-state index in [1.54, 1.807) is 0 Å². The highest BCUT2D eigenvalue weighted by molar-refractivity contribution is 5.25. The number of nitrogens with zero attached hydrogens (tertiary/aromatic N) is 1. The van der Waals surface area contributed by atoms with E-state index in [0.29, 0.717) is 6.04 Å². The largest absolute Gasteiger partial charge is 0.378 e. The second kappa shape index (κ2) is 6.51. The molecule has 2 rings (SSSR count). The maximum atomic E-state index is 6.27. The smallest absolute Gasteiger partial charge is 0.0622 e. The van der Waals surface area contributed by atoms with Crippen molar-refractivity contribution in [1.29, 1.82) is 0 Å². The average Bonchev–Trinajstić information content (AvgIpc) is 2.41. The van der Waals surface area contributed by atoms with Crippen LogP contribution in [-0.2, 0) is 4.74 Å². The average molecular weight is 262 g/mol. The first-order valence-electron chi connectivity index (χ1n) is 7.29. The van der Waals surface area contributed by atoms with E-state index < -0.39 is 0 Å². The molecule has 0 radical (unpaired) electrons. The first-order chi connectivity index (χ1) is 9.13. The van der Waals surface area contributed by atoms with Crippen LogP contribution < -0.4 is 5.73 Å². The van der Waals surface area contributed by atoms with Crippen LogP contribution in [0.1, 0.15) is 37.4 Å². The molecule has 1 aromatic carbocycles. The van der Waals surface area contributed by atoms with Crippen molar-refractivity contribution in [3.8, 4) is 0 Å². The van der Waals surface area contributed by atoms with Gasteiger partial charge in [0.25, 0.3) is 0 Å². The van der Waals surface area contributed by atoms with Gasteiger partial charge >= 0.3 is 0 Å². The number of hydrogen-bond acceptors (Lipinski definition) is 3. The summed E-state index contributed by atoms with van der Waals surface area (Å²) < 4.78 is 5.61. The van der Waals surface area contributed by atoms with Crippen LogP contribution in [0.5, 0.6) is 0 Å². The maximum absolute atomic E-state index is 6.27. The number of aryl methyl sites for hydroxylation is 1. The SMILES string of the molecule is CCC1COCCN1C(c1ccc(C)cc1)C(C)N. The van der Waals surface area contributed by atoms with Crippen molar-refractivity contribution in [3.05, 3.63) is 35.4 Å². The van der Waals surface area contributed by atoms with E-state index in [9.17, 15) is 0 Å². The zero-order valence-corrected chi connectivity index (χ0v) is 12.3. The van der Waals surface area contributed by atoms with Gasteiger partial charge in [0, 0.05) is 18.6 Å². The van der Waals surface area contributed by atoms with Crippen LogP contribution in [0.2, 0.25) is 0 Å². The fourth-order valence-electron chi connectivity index (χ4n) is 2.95. The molecule has 0 aliphatic carbocycles. The minimum absolute atomic E-state index is 0.120. The predicted molar refractivity (Wildman–Crippen MR) is 79.2 cm³/mol. The molecule has 3 unspecified atom stereocenters. The molecule has 3 atom stereocenters. The Hall–Kier alpha value is -0.900. The van der Waals surface area contributed by atoms with Crippen molar-refractivity contribution < 1.29 is 4.74 Å². The van der Waals surface area contributed by atoms with Crippen LogP contribution in [0.15, 0.2) is 24.3 Å². The van der Waals surface area contributed by atoms with Gasteiger partial charge in [0.15, 0.2) is 0 Å². The van der Waals surface area contributed by atoms with Crippen molar-refractivity contribution in [1.82, 2.24) is 4.90 Å². The summed E-state index contributed by atoms with van der Waals surface area (Å²) in [5.41, 5.74) is 8.89. The number of morpholine rings is 1. The second-order valence-corrected chi connectivity index (χ2v) is 5.59. The van der Waals surface area contributed by atoms with E-state index in [2.05, 4.69) is 49.9 Å². The Labute approximate surface area is 116 Å². The van der Waals surface area contributed by atoms with Gasteiger partial charge in [-0.25, -0.2) is 0 Å². The van der Waals surface area contributed by atoms with Crippen LogP contribution >= 0.6 is 0 Å². The molecule has 19 heavy (non-hydrogen) atoms. The standard InChI is InChI=1S/C16H26N2O/c1-4-15-11-19-10-9-18(15)16(13(3)17)14-7-5-12(2)6-8-14/h5-8,13,15-16H,4,9-11,17H2,1-3H3. The Kier molecular flexibility index (Phi) is 4.97. The molecular formula is C16H26N2O. The highest BCUT2D eigenvalue weighted by Gasteiger charge is 2.31. The van der Waals surface area contributed by atoms with Gasteiger partial charge in [0.2, 0.25) is 0 Å². The lowest BCUT2D eigenvalue weighted by Gasteiger charge is -2.42. The molecule has 1 aliphatic heterocycles. The lowest BCUT2D eigenvalue weighted by atomic mass is 9.95. The van der Waals surface area contributed by atoms with Crippen molar-refractivity contribution in [2.75, 3.05) is 19.8 Å². The van der Waals surface area contributed by atoms with Crippen LogP contribution in [-0.4, -0.2) is 36.7 Å². The fraction of sp³-hybridized carbons (Fsp3) is 0.625. The lowest BCUT2D eigenvalue weighted by Crippen LogP contribution is -2.51. The van der Waals surface area contributed by atoms with E-state index in [1.165, 1.54) is 11.1 Å². The van der Waals surface area contributed by atoms with Gasteiger partial charge in [-0.2, -0.15) is 0 Å². The summed E-state index contributed by atoms with van der Waals surface area (Å²) in [6.07, 6.45) is 1.11. The Morgan fingerprint density at radius 1 is 1.37 bits per heavy atom. The quantitative estimate of drug-likeness (QED) is 0.906. The summed E-state index contributed by atoms with van der Waals surface area (Å²) >= 11 is 0. The number of rotatable bonds is 4. The summed E-state index contributed by atoms with van der Waals surface area (Å²) in [6.45, 7) is 9.05. The third-order valence-corrected chi connectivity index (χ3v) is 4.02. The topological polar surface area (TPSA) is 38.5 Å². The third kappa shape index (κ3) is 3.35. The van der Waals surface area contributed by atoms with Gasteiger partial charge in [-0.3, -0.25) is 4.90 Å².